The molecule has 0 aromatic rings. The van der Waals surface area contributed by atoms with E-state index in [-0.39, 0.29) is 24.8 Å². The molecule has 1 fully saturated rings. The van der Waals surface area contributed by atoms with Crippen LogP contribution in [0, 0.1) is 5.92 Å². The molecule has 6 heteroatoms. The van der Waals surface area contributed by atoms with Crippen LogP contribution in [0.25, 0.3) is 0 Å². The van der Waals surface area contributed by atoms with Gasteiger partial charge in [0.2, 0.25) is 5.91 Å². The number of carbonyl (C=O) groups is 2. The van der Waals surface area contributed by atoms with Crippen molar-refractivity contribution in [3.8, 4) is 0 Å². The van der Waals surface area contributed by atoms with E-state index in [0.717, 1.165) is 12.8 Å². The highest BCUT2D eigenvalue weighted by atomic mass is 16.5. The third kappa shape index (κ3) is 4.16. The average molecular weight is 231 g/mol. The van der Waals surface area contributed by atoms with E-state index in [0.29, 0.717) is 13.2 Å². The number of aliphatic hydroxyl groups is 1. The Bertz CT molecular complexity index is 250. The average Bonchev–Trinajstić information content (AvgIpc) is 2.29. The standard InChI is InChI=1S/C10H17NO5/c12-8(10(14)15)3-4-11-9(13)7-2-1-5-16-6-7/h7-8,12H,1-6H2,(H,11,13)(H,14,15)/t7?,8-/m0/s1. The van der Waals surface area contributed by atoms with Gasteiger partial charge in [0, 0.05) is 19.6 Å². The van der Waals surface area contributed by atoms with Gasteiger partial charge in [-0.1, -0.05) is 0 Å². The maximum atomic E-state index is 11.5. The molecular formula is C10H17NO5. The number of carboxylic acids is 1. The largest absolute Gasteiger partial charge is 0.479 e. The molecule has 0 radical (unpaired) electrons. The number of carboxylic acid groups (broad SMARTS) is 1. The van der Waals surface area contributed by atoms with Crippen LogP contribution in [-0.2, 0) is 14.3 Å². The number of amides is 1. The molecule has 1 amide bonds. The van der Waals surface area contributed by atoms with Gasteiger partial charge in [0.25, 0.3) is 0 Å². The quantitative estimate of drug-likeness (QED) is 0.585. The Morgan fingerprint density at radius 3 is 2.81 bits per heavy atom. The van der Waals surface area contributed by atoms with Crippen molar-refractivity contribution in [3.05, 3.63) is 0 Å². The van der Waals surface area contributed by atoms with Crippen molar-refractivity contribution < 1.29 is 24.5 Å². The molecular weight excluding hydrogens is 214 g/mol. The highest BCUT2D eigenvalue weighted by Crippen LogP contribution is 2.13. The van der Waals surface area contributed by atoms with Crippen LogP contribution in [-0.4, -0.2) is 48.0 Å². The molecule has 0 saturated carbocycles. The van der Waals surface area contributed by atoms with Gasteiger partial charge >= 0.3 is 5.97 Å². The van der Waals surface area contributed by atoms with Gasteiger partial charge < -0.3 is 20.3 Å². The lowest BCUT2D eigenvalue weighted by Crippen LogP contribution is -2.37. The number of rotatable bonds is 5. The zero-order valence-corrected chi connectivity index (χ0v) is 9.02. The Morgan fingerprint density at radius 2 is 2.25 bits per heavy atom. The third-order valence-corrected chi connectivity index (χ3v) is 2.53. The molecule has 1 saturated heterocycles. The second kappa shape index (κ2) is 6.44. The summed E-state index contributed by atoms with van der Waals surface area (Å²) in [5.41, 5.74) is 0. The van der Waals surface area contributed by atoms with Crippen molar-refractivity contribution in [2.24, 2.45) is 5.92 Å². The lowest BCUT2D eigenvalue weighted by molar-refractivity contribution is -0.147. The molecule has 3 N–H and O–H groups in total. The summed E-state index contributed by atoms with van der Waals surface area (Å²) < 4.78 is 5.16. The van der Waals surface area contributed by atoms with Gasteiger partial charge in [-0.25, -0.2) is 4.79 Å². The molecule has 0 aromatic heterocycles. The Kier molecular flexibility index (Phi) is 5.21. The second-order valence-electron chi connectivity index (χ2n) is 3.85. The summed E-state index contributed by atoms with van der Waals surface area (Å²) >= 11 is 0. The molecule has 1 aliphatic rings. The molecule has 0 aliphatic carbocycles. The highest BCUT2D eigenvalue weighted by Gasteiger charge is 2.21. The summed E-state index contributed by atoms with van der Waals surface area (Å²) in [6, 6.07) is 0. The normalized spacial score (nSPS) is 22.4. The van der Waals surface area contributed by atoms with E-state index >= 15 is 0 Å². The predicted molar refractivity (Wildman–Crippen MR) is 54.8 cm³/mol. The van der Waals surface area contributed by atoms with E-state index in [1.807, 2.05) is 0 Å². The number of hydrogen-bond donors (Lipinski definition) is 3. The zero-order chi connectivity index (χ0) is 12.0. The highest BCUT2D eigenvalue weighted by molar-refractivity contribution is 5.79. The van der Waals surface area contributed by atoms with E-state index in [9.17, 15) is 9.59 Å². The minimum atomic E-state index is -1.41. The molecule has 1 heterocycles. The molecule has 0 bridgehead atoms. The van der Waals surface area contributed by atoms with Crippen LogP contribution < -0.4 is 5.32 Å². The third-order valence-electron chi connectivity index (χ3n) is 2.53. The van der Waals surface area contributed by atoms with Crippen LogP contribution in [0.4, 0.5) is 0 Å². The Balaban J connectivity index is 2.16. The monoisotopic (exact) mass is 231 g/mol. The summed E-state index contributed by atoms with van der Waals surface area (Å²) in [5.74, 6) is -1.54. The minimum Gasteiger partial charge on any atom is -0.479 e. The summed E-state index contributed by atoms with van der Waals surface area (Å²) in [6.07, 6.45) is 0.278. The fourth-order valence-electron chi connectivity index (χ4n) is 1.55. The van der Waals surface area contributed by atoms with E-state index in [4.69, 9.17) is 14.9 Å². The van der Waals surface area contributed by atoms with Gasteiger partial charge in [-0.15, -0.1) is 0 Å². The van der Waals surface area contributed by atoms with Crippen LogP contribution in [0.3, 0.4) is 0 Å². The zero-order valence-electron chi connectivity index (χ0n) is 9.02. The Morgan fingerprint density at radius 1 is 1.50 bits per heavy atom. The number of aliphatic carboxylic acids is 1. The van der Waals surface area contributed by atoms with Crippen molar-refractivity contribution in [1.82, 2.24) is 5.32 Å². The predicted octanol–water partition coefficient (Wildman–Crippen LogP) is -0.635. The first-order chi connectivity index (χ1) is 7.61. The smallest absolute Gasteiger partial charge is 0.332 e. The van der Waals surface area contributed by atoms with E-state index in [1.54, 1.807) is 0 Å². The van der Waals surface area contributed by atoms with Crippen LogP contribution in [0.2, 0.25) is 0 Å². The van der Waals surface area contributed by atoms with E-state index in [2.05, 4.69) is 5.32 Å². The lowest BCUT2D eigenvalue weighted by atomic mass is 10.0. The molecule has 1 unspecified atom stereocenters. The fraction of sp³-hybridized carbons (Fsp3) is 0.800. The summed E-state index contributed by atoms with van der Waals surface area (Å²) in [7, 11) is 0. The second-order valence-corrected chi connectivity index (χ2v) is 3.85. The fourth-order valence-corrected chi connectivity index (χ4v) is 1.55. The number of hydrogen-bond acceptors (Lipinski definition) is 4. The van der Waals surface area contributed by atoms with Crippen molar-refractivity contribution in [2.45, 2.75) is 25.4 Å². The van der Waals surface area contributed by atoms with Gasteiger partial charge in [-0.05, 0) is 12.8 Å². The van der Waals surface area contributed by atoms with Crippen molar-refractivity contribution in [3.63, 3.8) is 0 Å². The first-order valence-corrected chi connectivity index (χ1v) is 5.37. The SMILES string of the molecule is O=C(NCC[C@H](O)C(=O)O)C1CCCOC1. The van der Waals surface area contributed by atoms with Crippen molar-refractivity contribution in [1.29, 1.82) is 0 Å². The molecule has 92 valence electrons. The number of nitrogens with one attached hydrogen (secondary N) is 1. The lowest BCUT2D eigenvalue weighted by Gasteiger charge is -2.21. The van der Waals surface area contributed by atoms with E-state index in [1.165, 1.54) is 0 Å². The first kappa shape index (κ1) is 12.9. The Hall–Kier alpha value is -1.14. The first-order valence-electron chi connectivity index (χ1n) is 5.37. The number of carbonyl (C=O) groups excluding carboxylic acids is 1. The van der Waals surface area contributed by atoms with Crippen molar-refractivity contribution in [2.75, 3.05) is 19.8 Å². The van der Waals surface area contributed by atoms with E-state index < -0.39 is 12.1 Å². The summed E-state index contributed by atoms with van der Waals surface area (Å²) in [4.78, 5) is 21.8. The van der Waals surface area contributed by atoms with Crippen LogP contribution in [0.1, 0.15) is 19.3 Å². The van der Waals surface area contributed by atoms with Gasteiger partial charge in [-0.2, -0.15) is 0 Å². The maximum Gasteiger partial charge on any atom is 0.332 e. The number of aliphatic hydroxyl groups excluding tert-OH is 1. The van der Waals surface area contributed by atoms with Gasteiger partial charge in [0.1, 0.15) is 0 Å². The molecule has 0 spiro atoms. The van der Waals surface area contributed by atoms with Crippen molar-refractivity contribution >= 4 is 11.9 Å². The van der Waals surface area contributed by atoms with Crippen LogP contribution >= 0.6 is 0 Å². The molecule has 16 heavy (non-hydrogen) atoms. The molecule has 2 atom stereocenters. The van der Waals surface area contributed by atoms with Gasteiger partial charge in [-0.3, -0.25) is 4.79 Å². The van der Waals surface area contributed by atoms with Gasteiger partial charge in [0.15, 0.2) is 6.10 Å². The minimum absolute atomic E-state index is 0.0225. The Labute approximate surface area is 93.6 Å². The summed E-state index contributed by atoms with van der Waals surface area (Å²) in [6.45, 7) is 1.29. The molecule has 1 aliphatic heterocycles. The molecule has 1 rings (SSSR count). The van der Waals surface area contributed by atoms with Crippen LogP contribution in [0.5, 0.6) is 0 Å². The number of ether oxygens (including phenoxy) is 1. The summed E-state index contributed by atoms with van der Waals surface area (Å²) in [5, 5.41) is 20.0. The maximum absolute atomic E-state index is 11.5. The van der Waals surface area contributed by atoms with Crippen LogP contribution in [0.15, 0.2) is 0 Å². The molecule has 0 aromatic carbocycles. The van der Waals surface area contributed by atoms with Gasteiger partial charge in [0.05, 0.1) is 12.5 Å². The topological polar surface area (TPSA) is 95.9 Å². The molecule has 6 nitrogen and oxygen atoms in total.